The second-order valence-corrected chi connectivity index (χ2v) is 8.42. The molecule has 0 bridgehead atoms. The van der Waals surface area contributed by atoms with E-state index < -0.39 is 0 Å². The lowest BCUT2D eigenvalue weighted by atomic mass is 9.98. The normalized spacial score (nSPS) is 15.0. The molecule has 1 saturated heterocycles. The molecule has 3 heterocycles. The predicted octanol–water partition coefficient (Wildman–Crippen LogP) is 3.97. The largest absolute Gasteiger partial charge is 0.345 e. The summed E-state index contributed by atoms with van der Waals surface area (Å²) in [7, 11) is 3.53. The first-order valence-electron chi connectivity index (χ1n) is 10.8. The third-order valence-electron chi connectivity index (χ3n) is 6.06. The average molecular weight is 425 g/mol. The Kier molecular flexibility index (Phi) is 5.05. The number of nitrogens with zero attached hydrogens (tertiary/aromatic N) is 4. The van der Waals surface area contributed by atoms with Gasteiger partial charge >= 0.3 is 0 Å². The Hall–Kier alpha value is -3.80. The van der Waals surface area contributed by atoms with E-state index in [1.54, 1.807) is 25.2 Å². The molecule has 0 N–H and O–H groups in total. The summed E-state index contributed by atoms with van der Waals surface area (Å²) in [5.41, 5.74) is 7.63. The van der Waals surface area contributed by atoms with Gasteiger partial charge in [-0.15, -0.1) is 0 Å². The van der Waals surface area contributed by atoms with Crippen LogP contribution in [-0.2, 0) is 16.0 Å². The fraction of sp³-hybridized carbons (Fsp3) is 0.231. The van der Waals surface area contributed by atoms with Gasteiger partial charge in [-0.2, -0.15) is 0 Å². The number of fused-ring (bicyclic) bond motifs is 1. The van der Waals surface area contributed by atoms with Crippen molar-refractivity contribution < 1.29 is 9.59 Å². The summed E-state index contributed by atoms with van der Waals surface area (Å²) in [4.78, 5) is 36.9. The molecule has 2 amide bonds. The number of hydrogen-bond donors (Lipinski definition) is 0. The zero-order valence-electron chi connectivity index (χ0n) is 18.2. The molecule has 0 radical (unpaired) electrons. The molecule has 0 saturated carbocycles. The molecule has 3 aromatic rings. The zero-order valence-corrected chi connectivity index (χ0v) is 18.2. The number of benzene rings is 1. The Morgan fingerprint density at radius 2 is 1.81 bits per heavy atom. The van der Waals surface area contributed by atoms with Crippen LogP contribution < -0.4 is 4.90 Å². The summed E-state index contributed by atoms with van der Waals surface area (Å²) in [6, 6.07) is 12.1. The van der Waals surface area contributed by atoms with Gasteiger partial charge in [-0.3, -0.25) is 19.6 Å². The Balaban J connectivity index is 1.47. The highest BCUT2D eigenvalue weighted by Crippen LogP contribution is 2.35. The van der Waals surface area contributed by atoms with Crippen LogP contribution >= 0.6 is 0 Å². The molecule has 0 unspecified atom stereocenters. The van der Waals surface area contributed by atoms with Crippen molar-refractivity contribution in [3.63, 3.8) is 0 Å². The van der Waals surface area contributed by atoms with E-state index in [1.165, 1.54) is 0 Å². The van der Waals surface area contributed by atoms with Crippen molar-refractivity contribution >= 4 is 23.6 Å². The van der Waals surface area contributed by atoms with Gasteiger partial charge in [0.15, 0.2) is 0 Å². The molecule has 0 spiro atoms. The number of amides is 2. The molecular formula is C26H24N4O2. The van der Waals surface area contributed by atoms with Crippen LogP contribution in [0, 0.1) is 0 Å². The van der Waals surface area contributed by atoms with Crippen LogP contribution in [0.15, 0.2) is 60.6 Å². The van der Waals surface area contributed by atoms with Crippen molar-refractivity contribution in [1.29, 1.82) is 0 Å². The monoisotopic (exact) mass is 424 g/mol. The summed E-state index contributed by atoms with van der Waals surface area (Å²) < 4.78 is 0. The molecule has 2 aromatic heterocycles. The number of carbonyl (C=O) groups is 2. The molecule has 1 fully saturated rings. The van der Waals surface area contributed by atoms with Gasteiger partial charge in [-0.1, -0.05) is 12.1 Å². The number of anilines is 1. The van der Waals surface area contributed by atoms with Crippen molar-refractivity contribution in [2.24, 2.45) is 0 Å². The molecule has 2 aliphatic rings. The molecule has 1 aromatic carbocycles. The first-order valence-corrected chi connectivity index (χ1v) is 10.8. The number of carbonyl (C=O) groups excluding carboxylic acids is 2. The summed E-state index contributed by atoms with van der Waals surface area (Å²) in [6.07, 6.45) is 9.52. The van der Waals surface area contributed by atoms with Crippen molar-refractivity contribution in [1.82, 2.24) is 14.9 Å². The molecule has 0 atom stereocenters. The maximum atomic E-state index is 12.4. The summed E-state index contributed by atoms with van der Waals surface area (Å²) in [5, 5.41) is 0. The standard InChI is InChI=1S/C26H24N4O2/c1-29(2)26(32)18-13-23-22(9-10-28-24(23)14-18)20-12-19(15-27-16-20)17-5-7-21(8-6-17)30-11-3-4-25(30)31/h5-10,12-13,15-16H,3-4,11,14H2,1-2H3. The van der Waals surface area contributed by atoms with Crippen LogP contribution in [0.2, 0.25) is 0 Å². The zero-order chi connectivity index (χ0) is 22.2. The van der Waals surface area contributed by atoms with Crippen molar-refractivity contribution in [2.75, 3.05) is 25.5 Å². The quantitative estimate of drug-likeness (QED) is 0.636. The van der Waals surface area contributed by atoms with E-state index in [4.69, 9.17) is 0 Å². The molecular weight excluding hydrogens is 400 g/mol. The highest BCUT2D eigenvalue weighted by Gasteiger charge is 2.24. The molecule has 5 rings (SSSR count). The second-order valence-electron chi connectivity index (χ2n) is 8.42. The smallest absolute Gasteiger partial charge is 0.249 e. The van der Waals surface area contributed by atoms with E-state index >= 15 is 0 Å². The van der Waals surface area contributed by atoms with Crippen LogP contribution in [0.4, 0.5) is 5.69 Å². The Morgan fingerprint density at radius 1 is 1.03 bits per heavy atom. The van der Waals surface area contributed by atoms with Crippen LogP contribution in [0.25, 0.3) is 28.3 Å². The van der Waals surface area contributed by atoms with Crippen LogP contribution in [0.3, 0.4) is 0 Å². The van der Waals surface area contributed by atoms with Gasteiger partial charge in [0.2, 0.25) is 11.8 Å². The SMILES string of the molecule is CN(C)C(=O)C1=Cc2c(-c3cncc(-c4ccc(N5CCCC5=O)cc4)c3)ccnc2C1. The van der Waals surface area contributed by atoms with Crippen molar-refractivity contribution in [2.45, 2.75) is 19.3 Å². The summed E-state index contributed by atoms with van der Waals surface area (Å²) in [6.45, 7) is 0.786. The second kappa shape index (κ2) is 8.04. The topological polar surface area (TPSA) is 66.4 Å². The third kappa shape index (κ3) is 3.58. The van der Waals surface area contributed by atoms with E-state index in [9.17, 15) is 9.59 Å². The van der Waals surface area contributed by atoms with E-state index in [0.717, 1.165) is 57.7 Å². The van der Waals surface area contributed by atoms with E-state index in [1.807, 2.05) is 53.7 Å². The summed E-state index contributed by atoms with van der Waals surface area (Å²) >= 11 is 0. The third-order valence-corrected chi connectivity index (χ3v) is 6.06. The van der Waals surface area contributed by atoms with Gasteiger partial charge in [0, 0.05) is 80.0 Å². The minimum atomic E-state index is 0.0115. The van der Waals surface area contributed by atoms with Crippen LogP contribution in [0.1, 0.15) is 24.1 Å². The number of rotatable bonds is 4. The molecule has 32 heavy (non-hydrogen) atoms. The Morgan fingerprint density at radius 3 is 2.53 bits per heavy atom. The molecule has 6 heteroatoms. The van der Waals surface area contributed by atoms with Gasteiger partial charge in [0.1, 0.15) is 0 Å². The van der Waals surface area contributed by atoms with Gasteiger partial charge in [0.25, 0.3) is 0 Å². The van der Waals surface area contributed by atoms with Crippen LogP contribution in [0.5, 0.6) is 0 Å². The first kappa shape index (κ1) is 20.1. The minimum Gasteiger partial charge on any atom is -0.345 e. The molecule has 6 nitrogen and oxygen atoms in total. The van der Waals surface area contributed by atoms with E-state index in [2.05, 4.69) is 16.0 Å². The highest BCUT2D eigenvalue weighted by molar-refractivity contribution is 6.01. The first-order chi connectivity index (χ1) is 15.5. The number of aromatic nitrogens is 2. The van der Waals surface area contributed by atoms with Gasteiger partial charge in [-0.05, 0) is 47.9 Å². The number of hydrogen-bond acceptors (Lipinski definition) is 4. The van der Waals surface area contributed by atoms with Crippen molar-refractivity contribution in [3.8, 4) is 22.3 Å². The predicted molar refractivity (Wildman–Crippen MR) is 125 cm³/mol. The lowest BCUT2D eigenvalue weighted by Crippen LogP contribution is -2.23. The van der Waals surface area contributed by atoms with Crippen LogP contribution in [-0.4, -0.2) is 47.3 Å². The van der Waals surface area contributed by atoms with Crippen molar-refractivity contribution in [3.05, 3.63) is 71.8 Å². The molecule has 1 aliphatic heterocycles. The molecule has 1 aliphatic carbocycles. The van der Waals surface area contributed by atoms with Gasteiger partial charge in [-0.25, -0.2) is 0 Å². The van der Waals surface area contributed by atoms with E-state index in [0.29, 0.717) is 12.8 Å². The lowest BCUT2D eigenvalue weighted by Gasteiger charge is -2.16. The Labute approximate surface area is 187 Å². The number of likely N-dealkylation sites (N-methyl/N-ethyl adjacent to an activating group) is 1. The number of pyridine rings is 2. The van der Waals surface area contributed by atoms with Gasteiger partial charge in [0.05, 0.1) is 5.69 Å². The lowest BCUT2D eigenvalue weighted by molar-refractivity contribution is -0.124. The van der Waals surface area contributed by atoms with Gasteiger partial charge < -0.3 is 9.80 Å². The minimum absolute atomic E-state index is 0.0115. The fourth-order valence-corrected chi connectivity index (χ4v) is 4.40. The molecule has 160 valence electrons. The highest BCUT2D eigenvalue weighted by atomic mass is 16.2. The maximum Gasteiger partial charge on any atom is 0.249 e. The fourth-order valence-electron chi connectivity index (χ4n) is 4.40. The van der Waals surface area contributed by atoms with E-state index in [-0.39, 0.29) is 11.8 Å². The summed E-state index contributed by atoms with van der Waals surface area (Å²) in [5.74, 6) is 0.200. The maximum absolute atomic E-state index is 12.4. The average Bonchev–Trinajstić information content (AvgIpc) is 3.44. The Bertz CT molecular complexity index is 1240.